The van der Waals surface area contributed by atoms with Crippen LogP contribution in [0.3, 0.4) is 0 Å². The fourth-order valence-electron chi connectivity index (χ4n) is 4.28. The minimum atomic E-state index is -0.174. The lowest BCUT2D eigenvalue weighted by Gasteiger charge is -2.26. The number of hydrogen-bond donors (Lipinski definition) is 0. The molecule has 0 aromatic heterocycles. The van der Waals surface area contributed by atoms with Crippen molar-refractivity contribution < 1.29 is 14.2 Å². The summed E-state index contributed by atoms with van der Waals surface area (Å²) in [4.78, 5) is 0. The minimum Gasteiger partial charge on any atom is -0.370 e. The Labute approximate surface area is 197 Å². The number of epoxide rings is 2. The lowest BCUT2D eigenvalue weighted by Crippen LogP contribution is -2.20. The molecule has 0 N–H and O–H groups in total. The standard InChI is InChI=1S/C26H20Br2O3/c27-23-17-7-3-1-5-15(17)9-11-19(23)25(21-13-29-21)31-26(22-14-30-22)20-12-10-16-6-2-4-8-18(16)24(20)28/h1-12,21-22,25-26H,13-14H2. The molecule has 0 spiro atoms. The van der Waals surface area contributed by atoms with E-state index in [-0.39, 0.29) is 24.4 Å². The van der Waals surface area contributed by atoms with Crippen LogP contribution in [0.1, 0.15) is 23.3 Å². The Hall–Kier alpha value is -1.76. The van der Waals surface area contributed by atoms with Crippen molar-refractivity contribution in [3.8, 4) is 0 Å². The monoisotopic (exact) mass is 538 g/mol. The van der Waals surface area contributed by atoms with Crippen LogP contribution in [0.2, 0.25) is 0 Å². The van der Waals surface area contributed by atoms with E-state index in [1.807, 2.05) is 0 Å². The minimum absolute atomic E-state index is 0.0537. The van der Waals surface area contributed by atoms with Gasteiger partial charge >= 0.3 is 0 Å². The molecule has 0 bridgehead atoms. The number of rotatable bonds is 6. The van der Waals surface area contributed by atoms with E-state index >= 15 is 0 Å². The van der Waals surface area contributed by atoms with Crippen LogP contribution in [0, 0.1) is 0 Å². The molecule has 156 valence electrons. The zero-order chi connectivity index (χ0) is 20.9. The largest absolute Gasteiger partial charge is 0.370 e. The first-order valence-corrected chi connectivity index (χ1v) is 12.0. The summed E-state index contributed by atoms with van der Waals surface area (Å²) in [7, 11) is 0. The average molecular weight is 540 g/mol. The van der Waals surface area contributed by atoms with Gasteiger partial charge in [0, 0.05) is 8.95 Å². The second-order valence-electron chi connectivity index (χ2n) is 8.10. The molecule has 2 saturated heterocycles. The van der Waals surface area contributed by atoms with Crippen LogP contribution in [-0.4, -0.2) is 25.4 Å². The number of fused-ring (bicyclic) bond motifs is 2. The summed E-state index contributed by atoms with van der Waals surface area (Å²) in [5.41, 5.74) is 2.23. The molecule has 4 unspecified atom stereocenters. The first kappa shape index (κ1) is 19.9. The van der Waals surface area contributed by atoms with Gasteiger partial charge in [0.2, 0.25) is 0 Å². The lowest BCUT2D eigenvalue weighted by molar-refractivity contribution is -0.0424. The molecule has 0 saturated carbocycles. The Kier molecular flexibility index (Phi) is 5.12. The van der Waals surface area contributed by atoms with E-state index in [1.165, 1.54) is 21.5 Å². The van der Waals surface area contributed by atoms with Crippen molar-refractivity contribution in [2.75, 3.05) is 13.2 Å². The van der Waals surface area contributed by atoms with Crippen molar-refractivity contribution in [1.29, 1.82) is 0 Å². The van der Waals surface area contributed by atoms with Gasteiger partial charge in [-0.1, -0.05) is 72.8 Å². The molecular formula is C26H20Br2O3. The topological polar surface area (TPSA) is 34.3 Å². The predicted molar refractivity (Wildman–Crippen MR) is 129 cm³/mol. The van der Waals surface area contributed by atoms with E-state index in [1.54, 1.807) is 0 Å². The van der Waals surface area contributed by atoms with E-state index in [0.717, 1.165) is 20.1 Å². The fourth-order valence-corrected chi connectivity index (χ4v) is 5.72. The highest BCUT2D eigenvalue weighted by Crippen LogP contribution is 2.45. The van der Waals surface area contributed by atoms with Gasteiger partial charge in [0.15, 0.2) is 0 Å². The highest BCUT2D eigenvalue weighted by molar-refractivity contribution is 9.11. The van der Waals surface area contributed by atoms with Gasteiger partial charge in [-0.2, -0.15) is 0 Å². The van der Waals surface area contributed by atoms with Crippen LogP contribution < -0.4 is 0 Å². The zero-order valence-electron chi connectivity index (χ0n) is 16.6. The van der Waals surface area contributed by atoms with Crippen LogP contribution in [0.15, 0.2) is 81.7 Å². The normalized spacial score (nSPS) is 21.9. The first-order valence-electron chi connectivity index (χ1n) is 10.4. The van der Waals surface area contributed by atoms with Gasteiger partial charge in [0.05, 0.1) is 13.2 Å². The smallest absolute Gasteiger partial charge is 0.113 e. The predicted octanol–water partition coefficient (Wildman–Crippen LogP) is 7.11. The second-order valence-corrected chi connectivity index (χ2v) is 9.69. The molecule has 2 fully saturated rings. The third kappa shape index (κ3) is 3.73. The summed E-state index contributed by atoms with van der Waals surface area (Å²) >= 11 is 7.70. The van der Waals surface area contributed by atoms with Gasteiger partial charge < -0.3 is 14.2 Å². The molecule has 2 heterocycles. The number of hydrogen-bond acceptors (Lipinski definition) is 3. The maximum Gasteiger partial charge on any atom is 0.113 e. The molecule has 0 amide bonds. The van der Waals surface area contributed by atoms with Gasteiger partial charge in [0.25, 0.3) is 0 Å². The molecule has 4 aromatic rings. The summed E-state index contributed by atoms with van der Waals surface area (Å²) in [5.74, 6) is 0. The number of halogens is 2. The Morgan fingerprint density at radius 3 is 1.48 bits per heavy atom. The maximum absolute atomic E-state index is 6.82. The van der Waals surface area contributed by atoms with E-state index in [4.69, 9.17) is 14.2 Å². The van der Waals surface area contributed by atoms with Gasteiger partial charge in [-0.15, -0.1) is 0 Å². The first-order chi connectivity index (χ1) is 15.2. The summed E-state index contributed by atoms with van der Waals surface area (Å²) in [5, 5.41) is 4.77. The van der Waals surface area contributed by atoms with Crippen molar-refractivity contribution in [3.05, 3.63) is 92.9 Å². The second kappa shape index (κ2) is 7.98. The Morgan fingerprint density at radius 1 is 0.645 bits per heavy atom. The van der Waals surface area contributed by atoms with E-state index in [9.17, 15) is 0 Å². The van der Waals surface area contributed by atoms with E-state index < -0.39 is 0 Å². The Bertz CT molecular complexity index is 1180. The highest BCUT2D eigenvalue weighted by Gasteiger charge is 2.43. The van der Waals surface area contributed by atoms with Crippen LogP contribution in [0.25, 0.3) is 21.5 Å². The summed E-state index contributed by atoms with van der Waals surface area (Å²) in [6, 6.07) is 25.4. The quantitative estimate of drug-likeness (QED) is 0.245. The van der Waals surface area contributed by atoms with Crippen LogP contribution in [0.4, 0.5) is 0 Å². The van der Waals surface area contributed by atoms with E-state index in [0.29, 0.717) is 13.2 Å². The molecule has 5 heteroatoms. The number of ether oxygens (including phenoxy) is 3. The maximum atomic E-state index is 6.82. The van der Waals surface area contributed by atoms with Crippen molar-refractivity contribution in [1.82, 2.24) is 0 Å². The van der Waals surface area contributed by atoms with Gasteiger partial charge in [-0.25, -0.2) is 0 Å². The molecule has 3 nitrogen and oxygen atoms in total. The van der Waals surface area contributed by atoms with Crippen molar-refractivity contribution in [3.63, 3.8) is 0 Å². The van der Waals surface area contributed by atoms with Crippen LogP contribution >= 0.6 is 31.9 Å². The molecule has 2 aliphatic heterocycles. The Morgan fingerprint density at radius 2 is 1.06 bits per heavy atom. The van der Waals surface area contributed by atoms with Gasteiger partial charge in [-0.3, -0.25) is 0 Å². The lowest BCUT2D eigenvalue weighted by atomic mass is 9.99. The van der Waals surface area contributed by atoms with Crippen molar-refractivity contribution >= 4 is 53.4 Å². The molecule has 4 aromatic carbocycles. The van der Waals surface area contributed by atoms with Crippen LogP contribution in [-0.2, 0) is 14.2 Å². The van der Waals surface area contributed by atoms with E-state index in [2.05, 4.69) is 105 Å². The average Bonchev–Trinajstić information content (AvgIpc) is 3.70. The molecule has 4 atom stereocenters. The van der Waals surface area contributed by atoms with Crippen molar-refractivity contribution in [2.45, 2.75) is 24.4 Å². The van der Waals surface area contributed by atoms with Crippen LogP contribution in [0.5, 0.6) is 0 Å². The van der Waals surface area contributed by atoms with Crippen molar-refractivity contribution in [2.24, 2.45) is 0 Å². The highest BCUT2D eigenvalue weighted by atomic mass is 79.9. The summed E-state index contributed by atoms with van der Waals surface area (Å²) in [6.45, 7) is 1.42. The third-order valence-corrected chi connectivity index (χ3v) is 7.86. The molecule has 31 heavy (non-hydrogen) atoms. The molecule has 2 aliphatic rings. The fraction of sp³-hybridized carbons (Fsp3) is 0.231. The van der Waals surface area contributed by atoms with Gasteiger partial charge in [0.1, 0.15) is 24.4 Å². The van der Waals surface area contributed by atoms with Gasteiger partial charge in [-0.05, 0) is 64.5 Å². The zero-order valence-corrected chi connectivity index (χ0v) is 19.8. The molecule has 0 aliphatic carbocycles. The number of benzene rings is 4. The SMILES string of the molecule is Brc1c(C(OC(c2ccc3ccccc3c2Br)C2CO2)C2CO2)ccc2ccccc12. The Balaban J connectivity index is 1.41. The third-order valence-electron chi connectivity index (χ3n) is 6.09. The summed E-state index contributed by atoms with van der Waals surface area (Å²) < 4.78 is 20.4. The molecule has 0 radical (unpaired) electrons. The molecular weight excluding hydrogens is 520 g/mol. The summed E-state index contributed by atoms with van der Waals surface area (Å²) in [6.07, 6.45) is -0.242. The molecule has 6 rings (SSSR count).